The Balaban J connectivity index is 1.99. The summed E-state index contributed by atoms with van der Waals surface area (Å²) >= 11 is 1.51. The minimum Gasteiger partial charge on any atom is -0.303 e. The van der Waals surface area contributed by atoms with Gasteiger partial charge in [0.2, 0.25) is 0 Å². The molecule has 0 aliphatic heterocycles. The van der Waals surface area contributed by atoms with Gasteiger partial charge in [0, 0.05) is 22.8 Å². The number of fused-ring (bicyclic) bond motifs is 1. The van der Waals surface area contributed by atoms with Gasteiger partial charge in [-0.1, -0.05) is 30.3 Å². The Bertz CT molecular complexity index is 1040. The highest BCUT2D eigenvalue weighted by atomic mass is 32.1. The topological polar surface area (TPSA) is 71.5 Å². The lowest BCUT2D eigenvalue weighted by Gasteiger charge is -2.02. The standard InChI is InChI=1S/C17H12N4OS/c1-10-12(11-6-3-2-4-7-11)13-16(22)20-15(21-17(13)23-10)14-18-8-5-9-19-14/h2-9H,1H3,(H,20,21,22). The summed E-state index contributed by atoms with van der Waals surface area (Å²) in [5.41, 5.74) is 1.80. The maximum absolute atomic E-state index is 12.6. The lowest BCUT2D eigenvalue weighted by molar-refractivity contribution is 1.08. The highest BCUT2D eigenvalue weighted by Gasteiger charge is 2.17. The maximum Gasteiger partial charge on any atom is 0.260 e. The summed E-state index contributed by atoms with van der Waals surface area (Å²) in [4.78, 5) is 30.0. The number of nitrogens with zero attached hydrogens (tertiary/aromatic N) is 3. The molecular formula is C17H12N4OS. The molecule has 0 fully saturated rings. The van der Waals surface area contributed by atoms with Crippen LogP contribution in [0.5, 0.6) is 0 Å². The summed E-state index contributed by atoms with van der Waals surface area (Å²) in [6.45, 7) is 2.01. The van der Waals surface area contributed by atoms with Crippen molar-refractivity contribution >= 4 is 21.6 Å². The molecule has 0 aliphatic carbocycles. The fraction of sp³-hybridized carbons (Fsp3) is 0.0588. The second-order valence-corrected chi connectivity index (χ2v) is 6.27. The van der Waals surface area contributed by atoms with Crippen LogP contribution in [0.15, 0.2) is 53.6 Å². The number of benzene rings is 1. The van der Waals surface area contributed by atoms with E-state index in [4.69, 9.17) is 0 Å². The Labute approximate surface area is 135 Å². The van der Waals surface area contributed by atoms with Crippen LogP contribution in [0.3, 0.4) is 0 Å². The molecule has 0 amide bonds. The molecular weight excluding hydrogens is 308 g/mol. The number of H-pyrrole nitrogens is 1. The van der Waals surface area contributed by atoms with Crippen LogP contribution in [0.4, 0.5) is 0 Å². The molecule has 0 unspecified atom stereocenters. The number of aromatic nitrogens is 4. The maximum atomic E-state index is 12.6. The second kappa shape index (κ2) is 5.40. The molecule has 3 aromatic heterocycles. The molecule has 1 aromatic carbocycles. The van der Waals surface area contributed by atoms with E-state index in [1.165, 1.54) is 11.3 Å². The van der Waals surface area contributed by atoms with Crippen molar-refractivity contribution in [3.63, 3.8) is 0 Å². The molecule has 0 aliphatic rings. The summed E-state index contributed by atoms with van der Waals surface area (Å²) in [5, 5.41) is 0.624. The molecule has 0 atom stereocenters. The summed E-state index contributed by atoms with van der Waals surface area (Å²) in [6, 6.07) is 11.6. The molecule has 4 rings (SSSR count). The Hall–Kier alpha value is -2.86. The third-order valence-corrected chi connectivity index (χ3v) is 4.58. The number of hydrogen-bond donors (Lipinski definition) is 1. The predicted octanol–water partition coefficient (Wildman–Crippen LogP) is 3.42. The molecule has 5 nitrogen and oxygen atoms in total. The molecule has 0 radical (unpaired) electrons. The van der Waals surface area contributed by atoms with E-state index in [2.05, 4.69) is 19.9 Å². The van der Waals surface area contributed by atoms with Crippen LogP contribution in [-0.4, -0.2) is 19.9 Å². The molecule has 112 valence electrons. The van der Waals surface area contributed by atoms with Gasteiger partial charge in [-0.25, -0.2) is 15.0 Å². The van der Waals surface area contributed by atoms with Gasteiger partial charge in [-0.3, -0.25) is 4.79 Å². The van der Waals surface area contributed by atoms with E-state index < -0.39 is 0 Å². The fourth-order valence-electron chi connectivity index (χ4n) is 2.60. The van der Waals surface area contributed by atoms with E-state index >= 15 is 0 Å². The molecule has 0 spiro atoms. The second-order valence-electron chi connectivity index (χ2n) is 5.07. The van der Waals surface area contributed by atoms with Crippen LogP contribution < -0.4 is 5.56 Å². The van der Waals surface area contributed by atoms with E-state index in [9.17, 15) is 4.79 Å². The molecule has 23 heavy (non-hydrogen) atoms. The fourth-order valence-corrected chi connectivity index (χ4v) is 3.64. The van der Waals surface area contributed by atoms with Crippen LogP contribution in [0.25, 0.3) is 33.0 Å². The summed E-state index contributed by atoms with van der Waals surface area (Å²) in [7, 11) is 0. The first-order valence-electron chi connectivity index (χ1n) is 7.10. The minimum atomic E-state index is -0.166. The van der Waals surface area contributed by atoms with Crippen LogP contribution in [0.2, 0.25) is 0 Å². The average molecular weight is 320 g/mol. The number of thiophene rings is 1. The lowest BCUT2D eigenvalue weighted by Crippen LogP contribution is -2.10. The molecule has 4 aromatic rings. The third kappa shape index (κ3) is 2.33. The molecule has 0 bridgehead atoms. The van der Waals surface area contributed by atoms with Gasteiger partial charge >= 0.3 is 0 Å². The zero-order valence-electron chi connectivity index (χ0n) is 12.3. The Morgan fingerprint density at radius 2 is 1.78 bits per heavy atom. The molecule has 1 N–H and O–H groups in total. The Morgan fingerprint density at radius 3 is 2.52 bits per heavy atom. The third-order valence-electron chi connectivity index (χ3n) is 3.58. The van der Waals surface area contributed by atoms with Crippen molar-refractivity contribution in [2.45, 2.75) is 6.92 Å². The van der Waals surface area contributed by atoms with E-state index in [-0.39, 0.29) is 5.56 Å². The number of nitrogens with one attached hydrogen (secondary N) is 1. The highest BCUT2D eigenvalue weighted by molar-refractivity contribution is 7.19. The first kappa shape index (κ1) is 13.8. The molecule has 6 heteroatoms. The van der Waals surface area contributed by atoms with Crippen LogP contribution in [-0.2, 0) is 0 Å². The summed E-state index contributed by atoms with van der Waals surface area (Å²) < 4.78 is 0. The Morgan fingerprint density at radius 1 is 1.04 bits per heavy atom. The molecule has 0 saturated heterocycles. The lowest BCUT2D eigenvalue weighted by atomic mass is 10.0. The van der Waals surface area contributed by atoms with Crippen molar-refractivity contribution in [1.29, 1.82) is 0 Å². The van der Waals surface area contributed by atoms with Gasteiger partial charge in [0.15, 0.2) is 11.6 Å². The number of aromatic amines is 1. The number of rotatable bonds is 2. The zero-order chi connectivity index (χ0) is 15.8. The first-order valence-corrected chi connectivity index (χ1v) is 7.92. The van der Waals surface area contributed by atoms with Crippen molar-refractivity contribution in [3.8, 4) is 22.8 Å². The normalized spacial score (nSPS) is 11.0. The van der Waals surface area contributed by atoms with E-state index in [0.29, 0.717) is 21.9 Å². The minimum absolute atomic E-state index is 0.166. The quantitative estimate of drug-likeness (QED) is 0.614. The predicted molar refractivity (Wildman–Crippen MR) is 91.4 cm³/mol. The van der Waals surface area contributed by atoms with Gasteiger partial charge in [-0.05, 0) is 18.6 Å². The van der Waals surface area contributed by atoms with Crippen molar-refractivity contribution in [2.75, 3.05) is 0 Å². The van der Waals surface area contributed by atoms with Crippen molar-refractivity contribution in [3.05, 3.63) is 64.0 Å². The largest absolute Gasteiger partial charge is 0.303 e. The SMILES string of the molecule is Cc1sc2nc(-c3ncccn3)[nH]c(=O)c2c1-c1ccccc1. The Kier molecular flexibility index (Phi) is 3.24. The zero-order valence-corrected chi connectivity index (χ0v) is 13.1. The van der Waals surface area contributed by atoms with Crippen LogP contribution in [0, 0.1) is 6.92 Å². The van der Waals surface area contributed by atoms with Crippen molar-refractivity contribution in [2.24, 2.45) is 0 Å². The van der Waals surface area contributed by atoms with Crippen molar-refractivity contribution in [1.82, 2.24) is 19.9 Å². The molecule has 3 heterocycles. The number of hydrogen-bond acceptors (Lipinski definition) is 5. The van der Waals surface area contributed by atoms with Gasteiger partial charge in [0.05, 0.1) is 5.39 Å². The van der Waals surface area contributed by atoms with Crippen LogP contribution >= 0.6 is 11.3 Å². The van der Waals surface area contributed by atoms with Gasteiger partial charge in [0.1, 0.15) is 4.83 Å². The van der Waals surface area contributed by atoms with Crippen LogP contribution in [0.1, 0.15) is 4.88 Å². The smallest absolute Gasteiger partial charge is 0.260 e. The summed E-state index contributed by atoms with van der Waals surface area (Å²) in [5.74, 6) is 0.808. The van der Waals surface area contributed by atoms with E-state index in [1.807, 2.05) is 37.3 Å². The average Bonchev–Trinajstić information content (AvgIpc) is 2.93. The van der Waals surface area contributed by atoms with Gasteiger partial charge < -0.3 is 4.98 Å². The number of aryl methyl sites for hydroxylation is 1. The molecule has 0 saturated carbocycles. The van der Waals surface area contributed by atoms with E-state index in [0.717, 1.165) is 16.0 Å². The highest BCUT2D eigenvalue weighted by Crippen LogP contribution is 2.35. The summed E-state index contributed by atoms with van der Waals surface area (Å²) in [6.07, 6.45) is 3.25. The first-order chi connectivity index (χ1) is 11.2. The van der Waals surface area contributed by atoms with E-state index in [1.54, 1.807) is 18.5 Å². The van der Waals surface area contributed by atoms with Crippen molar-refractivity contribution < 1.29 is 0 Å². The van der Waals surface area contributed by atoms with Gasteiger partial charge in [-0.2, -0.15) is 0 Å². The van der Waals surface area contributed by atoms with Gasteiger partial charge in [0.25, 0.3) is 5.56 Å². The monoisotopic (exact) mass is 320 g/mol. The van der Waals surface area contributed by atoms with Gasteiger partial charge in [-0.15, -0.1) is 11.3 Å².